The Balaban J connectivity index is 0. The molecule has 0 aliphatic rings. The van der Waals surface area contributed by atoms with Crippen LogP contribution in [0.25, 0.3) is 0 Å². The maximum atomic E-state index is 0. The van der Waals surface area contributed by atoms with E-state index in [0.29, 0.717) is 0 Å². The molecule has 0 saturated heterocycles. The molecule has 0 saturated carbocycles. The topological polar surface area (TPSA) is 0 Å². The molecule has 4 heteroatoms. The molecule has 0 N–H and O–H groups in total. The molecule has 0 aliphatic carbocycles. The van der Waals surface area contributed by atoms with Crippen LogP contribution in [0, 0.1) is 0 Å². The van der Waals surface area contributed by atoms with Crippen molar-refractivity contribution in [1.82, 2.24) is 0 Å². The third-order valence-corrected chi connectivity index (χ3v) is 0. The third-order valence-electron chi connectivity index (χ3n) is 0. The standard InChI is InChI=1S/Ca.Mg.Zn.Zr.4H. The van der Waals surface area contributed by atoms with Crippen LogP contribution < -0.4 is 0 Å². The SMILES string of the molecule is [CaH2].[MgH2].[Zn].[Zr]. The van der Waals surface area contributed by atoms with Crippen LogP contribution in [-0.2, 0) is 45.7 Å². The number of rotatable bonds is 0. The summed E-state index contributed by atoms with van der Waals surface area (Å²) in [4.78, 5) is 0. The van der Waals surface area contributed by atoms with Crippen molar-refractivity contribution in [3.63, 3.8) is 0 Å². The average Bonchev–Trinajstić information content (AvgIpc) is 0. The summed E-state index contributed by atoms with van der Waals surface area (Å²) in [7, 11) is 0. The minimum atomic E-state index is 0. The third kappa shape index (κ3) is 9.11. The van der Waals surface area contributed by atoms with Gasteiger partial charge in [0, 0.05) is 45.7 Å². The van der Waals surface area contributed by atoms with Crippen molar-refractivity contribution in [3.05, 3.63) is 0 Å². The molecule has 0 spiro atoms. The van der Waals surface area contributed by atoms with Crippen molar-refractivity contribution in [2.45, 2.75) is 0 Å². The van der Waals surface area contributed by atoms with Crippen molar-refractivity contribution < 1.29 is 45.7 Å². The molecule has 0 atom stereocenters. The molecule has 0 fully saturated rings. The Bertz CT molecular complexity index is 8.00. The summed E-state index contributed by atoms with van der Waals surface area (Å²) in [5, 5.41) is 0. The summed E-state index contributed by atoms with van der Waals surface area (Å²) in [5.74, 6) is 0. The van der Waals surface area contributed by atoms with E-state index in [1.165, 1.54) is 0 Å². The molecule has 0 aromatic rings. The van der Waals surface area contributed by atoms with E-state index in [1.807, 2.05) is 0 Å². The number of hydrogen-bond donors (Lipinski definition) is 0. The first-order valence-electron chi connectivity index (χ1n) is 0. The second kappa shape index (κ2) is 16.0. The molecule has 0 aromatic carbocycles. The van der Waals surface area contributed by atoms with Gasteiger partial charge in [-0.15, -0.1) is 0 Å². The molecule has 0 aliphatic heterocycles. The fourth-order valence-electron chi connectivity index (χ4n) is 0. The summed E-state index contributed by atoms with van der Waals surface area (Å²) in [6.07, 6.45) is 0. The molecule has 0 rings (SSSR count). The molecule has 0 unspecified atom stereocenters. The summed E-state index contributed by atoms with van der Waals surface area (Å²) in [6, 6.07) is 0. The van der Waals surface area contributed by atoms with E-state index in [2.05, 4.69) is 0 Å². The maximum absolute atomic E-state index is 0. The van der Waals surface area contributed by atoms with Gasteiger partial charge in [0.2, 0.25) is 0 Å². The van der Waals surface area contributed by atoms with Crippen molar-refractivity contribution >= 4 is 60.8 Å². The van der Waals surface area contributed by atoms with Crippen LogP contribution in [0.1, 0.15) is 0 Å². The summed E-state index contributed by atoms with van der Waals surface area (Å²) in [6.45, 7) is 0. The fraction of sp³-hybridized carbons (Fsp3) is 0. The Labute approximate surface area is 104 Å². The smallest absolute Gasteiger partial charge is 0 e. The van der Waals surface area contributed by atoms with Gasteiger partial charge in [-0.25, -0.2) is 0 Å². The molecule has 0 radical (unpaired) electrons. The first-order chi connectivity index (χ1) is 0. The summed E-state index contributed by atoms with van der Waals surface area (Å²) in [5.41, 5.74) is 0. The Morgan fingerprint density at radius 1 is 1.00 bits per heavy atom. The molecule has 0 nitrogen and oxygen atoms in total. The minimum Gasteiger partial charge on any atom is 0 e. The maximum Gasteiger partial charge on any atom is 0.316 e. The van der Waals surface area contributed by atoms with E-state index in [4.69, 9.17) is 0 Å². The van der Waals surface area contributed by atoms with Crippen molar-refractivity contribution in [1.29, 1.82) is 0 Å². The monoisotopic (exact) mass is 222 g/mol. The van der Waals surface area contributed by atoms with Gasteiger partial charge in [0.25, 0.3) is 0 Å². The Morgan fingerprint density at radius 2 is 1.00 bits per heavy atom. The Hall–Kier alpha value is 3.53. The van der Waals surface area contributed by atoms with Gasteiger partial charge in [0.15, 0.2) is 0 Å². The van der Waals surface area contributed by atoms with Gasteiger partial charge in [0.1, 0.15) is 0 Å². The first kappa shape index (κ1) is 25.8. The van der Waals surface area contributed by atoms with Gasteiger partial charge < -0.3 is 0 Å². The van der Waals surface area contributed by atoms with E-state index in [0.717, 1.165) is 0 Å². The van der Waals surface area contributed by atoms with Crippen LogP contribution in [0.4, 0.5) is 0 Å². The first-order valence-corrected chi connectivity index (χ1v) is 0. The molecule has 0 heterocycles. The van der Waals surface area contributed by atoms with Crippen LogP contribution in [-0.4, -0.2) is 60.8 Å². The second-order valence-electron chi connectivity index (χ2n) is 0. The molecule has 4 heavy (non-hydrogen) atoms. The molecule has 14 valence electrons. The largest absolute Gasteiger partial charge is 0.316 e. The van der Waals surface area contributed by atoms with Gasteiger partial charge in [-0.05, 0) is 0 Å². The fourth-order valence-corrected chi connectivity index (χ4v) is 0. The Kier molecular flexibility index (Phi) is 103. The van der Waals surface area contributed by atoms with Gasteiger partial charge in [0.05, 0.1) is 0 Å². The molecular formula is H4CaMgZnZr. The van der Waals surface area contributed by atoms with Crippen molar-refractivity contribution in [3.8, 4) is 0 Å². The van der Waals surface area contributed by atoms with E-state index >= 15 is 0 Å². The van der Waals surface area contributed by atoms with E-state index in [1.54, 1.807) is 0 Å². The molecule has 0 bridgehead atoms. The summed E-state index contributed by atoms with van der Waals surface area (Å²) >= 11 is 0. The zero-order chi connectivity index (χ0) is 0. The van der Waals surface area contributed by atoms with Crippen molar-refractivity contribution in [2.24, 2.45) is 0 Å². The van der Waals surface area contributed by atoms with Gasteiger partial charge in [-0.1, -0.05) is 0 Å². The molecule has 0 amide bonds. The predicted octanol–water partition coefficient (Wildman–Crippen LogP) is -1.84. The van der Waals surface area contributed by atoms with Gasteiger partial charge in [-0.2, -0.15) is 0 Å². The molecular weight excluding hydrogens is 221 g/mol. The van der Waals surface area contributed by atoms with Crippen LogP contribution in [0.15, 0.2) is 0 Å². The van der Waals surface area contributed by atoms with Crippen LogP contribution in [0.5, 0.6) is 0 Å². The zero-order valence-electron chi connectivity index (χ0n) is 1.21. The second-order valence-corrected chi connectivity index (χ2v) is 0. The summed E-state index contributed by atoms with van der Waals surface area (Å²) < 4.78 is 0. The van der Waals surface area contributed by atoms with E-state index < -0.39 is 0 Å². The zero-order valence-corrected chi connectivity index (χ0v) is 6.63. The Morgan fingerprint density at radius 3 is 1.00 bits per heavy atom. The normalized spacial score (nSPS) is 0. The van der Waals surface area contributed by atoms with Crippen LogP contribution in [0.3, 0.4) is 0 Å². The van der Waals surface area contributed by atoms with Gasteiger partial charge in [-0.3, -0.25) is 0 Å². The molecule has 0 aromatic heterocycles. The van der Waals surface area contributed by atoms with E-state index in [-0.39, 0.29) is 106 Å². The van der Waals surface area contributed by atoms with Crippen LogP contribution in [0.2, 0.25) is 0 Å². The van der Waals surface area contributed by atoms with E-state index in [9.17, 15) is 0 Å². The average molecular weight is 225 g/mol. The van der Waals surface area contributed by atoms with Gasteiger partial charge >= 0.3 is 60.8 Å². The number of hydrogen-bond acceptors (Lipinski definition) is 0. The quantitative estimate of drug-likeness (QED) is 0.425. The van der Waals surface area contributed by atoms with Crippen LogP contribution >= 0.6 is 0 Å². The minimum absolute atomic E-state index is 0. The predicted molar refractivity (Wildman–Crippen MR) is 17.1 cm³/mol. The van der Waals surface area contributed by atoms with Crippen molar-refractivity contribution in [2.75, 3.05) is 0 Å².